The first-order chi connectivity index (χ1) is 16.8. The first-order valence-corrected chi connectivity index (χ1v) is 12.4. The highest BCUT2D eigenvalue weighted by Crippen LogP contribution is 2.42. The van der Waals surface area contributed by atoms with Crippen molar-refractivity contribution in [2.24, 2.45) is 17.6 Å². The third-order valence-electron chi connectivity index (χ3n) is 5.61. The molecule has 2 amide bonds. The third-order valence-corrected chi connectivity index (χ3v) is 5.86. The molecule has 7 nitrogen and oxygen atoms in total. The molecular weight excluding hydrogens is 478 g/mol. The molecule has 192 valence electrons. The fourth-order valence-electron chi connectivity index (χ4n) is 4.22. The first-order valence-electron chi connectivity index (χ1n) is 12.0. The van der Waals surface area contributed by atoms with Crippen molar-refractivity contribution < 1.29 is 19.1 Å². The van der Waals surface area contributed by atoms with E-state index in [1.807, 2.05) is 57.3 Å². The van der Waals surface area contributed by atoms with Crippen molar-refractivity contribution in [2.75, 3.05) is 13.1 Å². The normalized spacial score (nSPS) is 18.2. The number of fused-ring (bicyclic) bond motifs is 1. The van der Waals surface area contributed by atoms with E-state index in [1.165, 1.54) is 12.2 Å². The maximum absolute atomic E-state index is 12.9. The van der Waals surface area contributed by atoms with Crippen molar-refractivity contribution in [3.05, 3.63) is 76.1 Å². The van der Waals surface area contributed by atoms with Gasteiger partial charge in [-0.25, -0.2) is 4.79 Å². The Morgan fingerprint density at radius 2 is 1.92 bits per heavy atom. The van der Waals surface area contributed by atoms with Gasteiger partial charge in [-0.1, -0.05) is 49.7 Å². The number of amides is 2. The van der Waals surface area contributed by atoms with Crippen LogP contribution in [0.25, 0.3) is 5.57 Å². The van der Waals surface area contributed by atoms with Gasteiger partial charge in [-0.15, -0.1) is 0 Å². The van der Waals surface area contributed by atoms with Gasteiger partial charge >= 0.3 is 6.09 Å². The Hall–Kier alpha value is -3.32. The quantitative estimate of drug-likeness (QED) is 0.502. The molecule has 1 aliphatic carbocycles. The van der Waals surface area contributed by atoms with Crippen molar-refractivity contribution >= 4 is 35.0 Å². The number of nitrogens with two attached hydrogens (primary N) is 1. The number of hydrogen-bond donors (Lipinski definition) is 2. The highest BCUT2D eigenvalue weighted by atomic mass is 35.5. The topological polar surface area (TPSA) is 102 Å². The van der Waals surface area contributed by atoms with Gasteiger partial charge in [-0.2, -0.15) is 0 Å². The summed E-state index contributed by atoms with van der Waals surface area (Å²) in [5, 5.41) is 3.50. The molecule has 0 spiro atoms. The van der Waals surface area contributed by atoms with Crippen LogP contribution < -0.4 is 11.1 Å². The highest BCUT2D eigenvalue weighted by Gasteiger charge is 2.33. The van der Waals surface area contributed by atoms with Crippen LogP contribution in [-0.2, 0) is 14.3 Å². The Bertz CT molecular complexity index is 1150. The third kappa shape index (κ3) is 7.10. The van der Waals surface area contributed by atoms with Gasteiger partial charge in [-0.05, 0) is 61.6 Å². The number of nitrogens with zero attached hydrogens (tertiary/aromatic N) is 1. The lowest BCUT2D eigenvalue weighted by Crippen LogP contribution is -2.38. The number of primary amides is 1. The number of nitrogens with one attached hydrogen (secondary N) is 1. The largest absolute Gasteiger partial charge is 0.444 e. The highest BCUT2D eigenvalue weighted by molar-refractivity contribution is 6.30. The average molecular weight is 512 g/mol. The van der Waals surface area contributed by atoms with Crippen LogP contribution in [0.1, 0.15) is 46.6 Å². The Morgan fingerprint density at radius 3 is 2.50 bits per heavy atom. The fraction of sp³-hybridized carbons (Fsp3) is 0.393. The first kappa shape index (κ1) is 27.3. The molecule has 1 aromatic rings. The summed E-state index contributed by atoms with van der Waals surface area (Å²) < 4.78 is 5.46. The van der Waals surface area contributed by atoms with Crippen molar-refractivity contribution in [1.29, 1.82) is 0 Å². The minimum absolute atomic E-state index is 0.0159. The molecule has 0 aromatic heterocycles. The van der Waals surface area contributed by atoms with Crippen molar-refractivity contribution in [3.63, 3.8) is 0 Å². The number of benzene rings is 1. The monoisotopic (exact) mass is 511 g/mol. The maximum atomic E-state index is 12.9. The molecular formula is C28H34ClN3O4. The van der Waals surface area contributed by atoms with Gasteiger partial charge in [0.15, 0.2) is 0 Å². The van der Waals surface area contributed by atoms with Crippen molar-refractivity contribution in [2.45, 2.75) is 46.6 Å². The zero-order valence-corrected chi connectivity index (χ0v) is 22.2. The standard InChI is InChI=1S/C28H34ClN3O4/c1-17(2)15-32-16-20-13-24(33)19(8-11-25(30)34)12-22(20)26(18-6-9-21(29)10-7-18)23(32)14-31-27(35)36-28(3,4)5/h6-12,16-17,19H,13-15H2,1-5H3,(H2,30,34)(H,31,35)/b11-8+. The number of ketones is 1. The Labute approximate surface area is 217 Å². The van der Waals surface area contributed by atoms with Gasteiger partial charge in [0.05, 0.1) is 12.5 Å². The van der Waals surface area contributed by atoms with E-state index in [0.717, 1.165) is 28.0 Å². The van der Waals surface area contributed by atoms with Gasteiger partial charge in [0.25, 0.3) is 0 Å². The van der Waals surface area contributed by atoms with Crippen molar-refractivity contribution in [1.82, 2.24) is 10.2 Å². The molecule has 3 N–H and O–H groups in total. The predicted octanol–water partition coefficient (Wildman–Crippen LogP) is 4.99. The summed E-state index contributed by atoms with van der Waals surface area (Å²) in [6, 6.07) is 7.47. The van der Waals surface area contributed by atoms with Gasteiger partial charge in [0.1, 0.15) is 11.4 Å². The van der Waals surface area contributed by atoms with E-state index < -0.39 is 23.5 Å². The molecule has 0 saturated carbocycles. The maximum Gasteiger partial charge on any atom is 0.407 e. The predicted molar refractivity (Wildman–Crippen MR) is 142 cm³/mol. The summed E-state index contributed by atoms with van der Waals surface area (Å²) in [5.41, 5.74) is 9.08. The minimum Gasteiger partial charge on any atom is -0.444 e. The van der Waals surface area contributed by atoms with E-state index in [-0.39, 0.29) is 18.7 Å². The zero-order chi connectivity index (χ0) is 26.6. The van der Waals surface area contributed by atoms with Crippen LogP contribution in [-0.4, -0.2) is 41.4 Å². The molecule has 2 aliphatic rings. The molecule has 1 heterocycles. The summed E-state index contributed by atoms with van der Waals surface area (Å²) in [6.07, 6.45) is 6.31. The van der Waals surface area contributed by atoms with Crippen molar-refractivity contribution in [3.8, 4) is 0 Å². The Kier molecular flexibility index (Phi) is 8.46. The molecule has 1 aliphatic heterocycles. The van der Waals surface area contributed by atoms with Crippen LogP contribution in [0.15, 0.2) is 65.5 Å². The van der Waals surface area contributed by atoms with E-state index in [0.29, 0.717) is 17.5 Å². The van der Waals surface area contributed by atoms with Crippen LogP contribution in [0.3, 0.4) is 0 Å². The van der Waals surface area contributed by atoms with Gasteiger partial charge in [-0.3, -0.25) is 9.59 Å². The van der Waals surface area contributed by atoms with E-state index in [2.05, 4.69) is 24.1 Å². The van der Waals surface area contributed by atoms with Crippen LogP contribution in [0.4, 0.5) is 4.79 Å². The SMILES string of the molecule is CC(C)CN1C=C2CC(=O)C(/C=C/C(N)=O)C=C2C(c2ccc(Cl)cc2)=C1CNC(=O)OC(C)(C)C. The van der Waals surface area contributed by atoms with Gasteiger partial charge in [0, 0.05) is 35.5 Å². The van der Waals surface area contributed by atoms with E-state index in [4.69, 9.17) is 22.1 Å². The second kappa shape index (κ2) is 11.2. The number of rotatable bonds is 7. The summed E-state index contributed by atoms with van der Waals surface area (Å²) in [4.78, 5) is 38.8. The number of alkyl carbamates (subject to hydrolysis) is 1. The molecule has 36 heavy (non-hydrogen) atoms. The molecule has 3 rings (SSSR count). The second-order valence-electron chi connectivity index (χ2n) is 10.4. The summed E-state index contributed by atoms with van der Waals surface area (Å²) >= 11 is 6.18. The fourth-order valence-corrected chi connectivity index (χ4v) is 4.35. The molecule has 0 radical (unpaired) electrons. The number of Topliss-reactive ketones (excluding diaryl/α,β-unsaturated/α-hetero) is 1. The lowest BCUT2D eigenvalue weighted by molar-refractivity contribution is -0.119. The number of halogens is 1. The van der Waals surface area contributed by atoms with Crippen LogP contribution in [0, 0.1) is 11.8 Å². The Morgan fingerprint density at radius 1 is 1.25 bits per heavy atom. The Balaban J connectivity index is 2.15. The zero-order valence-electron chi connectivity index (χ0n) is 21.4. The van der Waals surface area contributed by atoms with Crippen LogP contribution >= 0.6 is 11.6 Å². The molecule has 0 fully saturated rings. The molecule has 1 unspecified atom stereocenters. The number of carbonyl (C=O) groups excluding carboxylic acids is 3. The lowest BCUT2D eigenvalue weighted by atomic mass is 9.78. The number of carbonyl (C=O) groups is 3. The second-order valence-corrected chi connectivity index (χ2v) is 10.8. The smallest absolute Gasteiger partial charge is 0.407 e. The van der Waals surface area contributed by atoms with E-state index in [1.54, 1.807) is 0 Å². The molecule has 1 aromatic carbocycles. The minimum atomic E-state index is -0.624. The van der Waals surface area contributed by atoms with Gasteiger partial charge < -0.3 is 20.7 Å². The summed E-state index contributed by atoms with van der Waals surface area (Å²) in [7, 11) is 0. The summed E-state index contributed by atoms with van der Waals surface area (Å²) in [5.74, 6) is -0.882. The molecule has 8 heteroatoms. The number of allylic oxidation sites excluding steroid dienone is 5. The van der Waals surface area contributed by atoms with Crippen LogP contribution in [0.2, 0.25) is 5.02 Å². The molecule has 0 saturated heterocycles. The van der Waals surface area contributed by atoms with E-state index >= 15 is 0 Å². The van der Waals surface area contributed by atoms with Gasteiger partial charge in [0.2, 0.25) is 5.91 Å². The van der Waals surface area contributed by atoms with E-state index in [9.17, 15) is 14.4 Å². The van der Waals surface area contributed by atoms with Crippen LogP contribution in [0.5, 0.6) is 0 Å². The lowest BCUT2D eigenvalue weighted by Gasteiger charge is -2.37. The number of hydrogen-bond acceptors (Lipinski definition) is 5. The molecule has 0 bridgehead atoms. The molecule has 1 atom stereocenters. The average Bonchev–Trinajstić information content (AvgIpc) is 2.75. The number of ether oxygens (including phenoxy) is 1. The summed E-state index contributed by atoms with van der Waals surface area (Å²) in [6.45, 7) is 10.6.